The fourth-order valence-corrected chi connectivity index (χ4v) is 2.35. The summed E-state index contributed by atoms with van der Waals surface area (Å²) in [4.78, 5) is 25.7. The van der Waals surface area contributed by atoms with Gasteiger partial charge in [0.1, 0.15) is 0 Å². The lowest BCUT2D eigenvalue weighted by atomic mass is 9.96. The van der Waals surface area contributed by atoms with Crippen LogP contribution in [0.4, 0.5) is 0 Å². The largest absolute Gasteiger partial charge is 0.449 e. The van der Waals surface area contributed by atoms with Gasteiger partial charge in [0.05, 0.1) is 17.2 Å². The summed E-state index contributed by atoms with van der Waals surface area (Å²) >= 11 is 0. The molecule has 0 aromatic heterocycles. The van der Waals surface area contributed by atoms with E-state index in [1.807, 2.05) is 0 Å². The van der Waals surface area contributed by atoms with Crippen LogP contribution in [0.3, 0.4) is 0 Å². The Balaban J connectivity index is 2.38. The molecule has 0 saturated heterocycles. The van der Waals surface area contributed by atoms with E-state index in [0.717, 1.165) is 0 Å². The van der Waals surface area contributed by atoms with Crippen LogP contribution in [-0.2, 0) is 9.53 Å². The number of hydrogen-bond donors (Lipinski definition) is 0. The number of ether oxygens (including phenoxy) is 1. The molecule has 24 heavy (non-hydrogen) atoms. The quantitative estimate of drug-likeness (QED) is 0.812. The summed E-state index contributed by atoms with van der Waals surface area (Å²) in [6.07, 6.45) is -0.883. The Hall–Kier alpha value is -3.13. The van der Waals surface area contributed by atoms with Crippen LogP contribution in [0, 0.1) is 11.3 Å². The van der Waals surface area contributed by atoms with Gasteiger partial charge in [-0.3, -0.25) is 4.79 Å². The third-order valence-electron chi connectivity index (χ3n) is 3.56. The molecule has 0 spiro atoms. The molecule has 2 rings (SSSR count). The number of esters is 1. The number of nitrogens with zero attached hydrogens (tertiary/aromatic N) is 2. The van der Waals surface area contributed by atoms with E-state index < -0.39 is 12.1 Å². The third-order valence-corrected chi connectivity index (χ3v) is 3.56. The van der Waals surface area contributed by atoms with E-state index in [1.165, 1.54) is 11.8 Å². The first kappa shape index (κ1) is 17.2. The topological polar surface area (TPSA) is 70.4 Å². The van der Waals surface area contributed by atoms with Crippen LogP contribution in [0.2, 0.25) is 0 Å². The highest BCUT2D eigenvalue weighted by atomic mass is 16.5. The van der Waals surface area contributed by atoms with Gasteiger partial charge in [-0.15, -0.1) is 0 Å². The summed E-state index contributed by atoms with van der Waals surface area (Å²) in [5.74, 6) is -0.890. The Labute approximate surface area is 141 Å². The van der Waals surface area contributed by atoms with Crippen LogP contribution < -0.4 is 0 Å². The second kappa shape index (κ2) is 7.42. The molecule has 122 valence electrons. The molecule has 0 heterocycles. The van der Waals surface area contributed by atoms with Crippen LogP contribution in [0.5, 0.6) is 0 Å². The normalized spacial score (nSPS) is 11.2. The van der Waals surface area contributed by atoms with Crippen LogP contribution in [0.15, 0.2) is 48.5 Å². The van der Waals surface area contributed by atoms with Crippen molar-refractivity contribution in [3.63, 3.8) is 0 Å². The number of carbonyl (C=O) groups excluding carboxylic acids is 2. The molecular formula is C19H18N2O3. The summed E-state index contributed by atoms with van der Waals surface area (Å²) in [5, 5.41) is 9.27. The van der Waals surface area contributed by atoms with Gasteiger partial charge >= 0.3 is 5.97 Å². The molecule has 2 aromatic carbocycles. The molecule has 2 aromatic rings. The van der Waals surface area contributed by atoms with Gasteiger partial charge in [-0.05, 0) is 24.6 Å². The summed E-state index contributed by atoms with van der Waals surface area (Å²) in [6, 6.07) is 16.0. The van der Waals surface area contributed by atoms with Crippen molar-refractivity contribution in [2.45, 2.75) is 13.0 Å². The molecule has 0 bridgehead atoms. The lowest BCUT2D eigenvalue weighted by Gasteiger charge is -2.18. The molecule has 5 nitrogen and oxygen atoms in total. The summed E-state index contributed by atoms with van der Waals surface area (Å²) in [5.41, 5.74) is 2.04. The molecule has 0 fully saturated rings. The van der Waals surface area contributed by atoms with Crippen molar-refractivity contribution in [3.8, 4) is 17.2 Å². The van der Waals surface area contributed by atoms with Gasteiger partial charge in [-0.25, -0.2) is 4.79 Å². The number of rotatable bonds is 4. The fourth-order valence-electron chi connectivity index (χ4n) is 2.35. The zero-order chi connectivity index (χ0) is 17.7. The Bertz CT molecular complexity index is 806. The van der Waals surface area contributed by atoms with E-state index in [9.17, 15) is 14.9 Å². The van der Waals surface area contributed by atoms with E-state index >= 15 is 0 Å². The number of amides is 1. The zero-order valence-electron chi connectivity index (χ0n) is 13.8. The molecule has 5 heteroatoms. The van der Waals surface area contributed by atoms with Crippen molar-refractivity contribution < 1.29 is 14.3 Å². The highest BCUT2D eigenvalue weighted by molar-refractivity contribution is 5.99. The molecule has 1 atom stereocenters. The van der Waals surface area contributed by atoms with E-state index in [0.29, 0.717) is 22.3 Å². The van der Waals surface area contributed by atoms with E-state index in [4.69, 9.17) is 4.74 Å². The van der Waals surface area contributed by atoms with Crippen molar-refractivity contribution in [2.75, 3.05) is 14.1 Å². The first-order chi connectivity index (χ1) is 11.5. The molecule has 0 saturated carbocycles. The van der Waals surface area contributed by atoms with Gasteiger partial charge in [-0.2, -0.15) is 5.26 Å². The molecule has 0 unspecified atom stereocenters. The van der Waals surface area contributed by atoms with Crippen LogP contribution >= 0.6 is 0 Å². The van der Waals surface area contributed by atoms with Gasteiger partial charge in [-0.1, -0.05) is 36.4 Å². The smallest absolute Gasteiger partial charge is 0.339 e. The Morgan fingerprint density at radius 3 is 2.25 bits per heavy atom. The van der Waals surface area contributed by atoms with E-state index in [2.05, 4.69) is 6.07 Å². The third kappa shape index (κ3) is 3.61. The van der Waals surface area contributed by atoms with Crippen molar-refractivity contribution in [3.05, 3.63) is 59.7 Å². The lowest BCUT2D eigenvalue weighted by Crippen LogP contribution is -2.35. The Morgan fingerprint density at radius 2 is 1.62 bits per heavy atom. The van der Waals surface area contributed by atoms with Crippen molar-refractivity contribution in [1.82, 2.24) is 4.90 Å². The highest BCUT2D eigenvalue weighted by Crippen LogP contribution is 2.27. The number of benzene rings is 2. The predicted molar refractivity (Wildman–Crippen MR) is 90.2 cm³/mol. The minimum absolute atomic E-state index is 0.293. The number of hydrogen-bond acceptors (Lipinski definition) is 4. The molecule has 0 aliphatic carbocycles. The van der Waals surface area contributed by atoms with E-state index in [1.54, 1.807) is 62.6 Å². The number of nitriles is 1. The fraction of sp³-hybridized carbons (Fsp3) is 0.211. The SMILES string of the molecule is C[C@H](OC(=O)c1ccccc1-c1ccccc1C#N)C(=O)N(C)C. The monoisotopic (exact) mass is 322 g/mol. The van der Waals surface area contributed by atoms with Gasteiger partial charge in [0.25, 0.3) is 5.91 Å². The zero-order valence-corrected chi connectivity index (χ0v) is 13.8. The number of carbonyl (C=O) groups is 2. The van der Waals surface area contributed by atoms with Crippen molar-refractivity contribution in [1.29, 1.82) is 5.26 Å². The molecule has 0 radical (unpaired) electrons. The standard InChI is InChI=1S/C19H18N2O3/c1-13(18(22)21(2)3)24-19(23)17-11-7-6-10-16(17)15-9-5-4-8-14(15)12-20/h4-11,13H,1-3H3/t13-/m0/s1. The highest BCUT2D eigenvalue weighted by Gasteiger charge is 2.22. The van der Waals surface area contributed by atoms with Crippen molar-refractivity contribution >= 4 is 11.9 Å². The molecule has 1 amide bonds. The van der Waals surface area contributed by atoms with Gasteiger partial charge in [0, 0.05) is 19.7 Å². The molecule has 0 N–H and O–H groups in total. The average molecular weight is 322 g/mol. The average Bonchev–Trinajstić information content (AvgIpc) is 2.60. The van der Waals surface area contributed by atoms with Gasteiger partial charge in [0.2, 0.25) is 0 Å². The molecular weight excluding hydrogens is 304 g/mol. The Kier molecular flexibility index (Phi) is 5.33. The van der Waals surface area contributed by atoms with Gasteiger partial charge < -0.3 is 9.64 Å². The first-order valence-electron chi connectivity index (χ1n) is 7.46. The maximum Gasteiger partial charge on any atom is 0.339 e. The van der Waals surface area contributed by atoms with Crippen LogP contribution in [0.25, 0.3) is 11.1 Å². The van der Waals surface area contributed by atoms with Crippen LogP contribution in [-0.4, -0.2) is 37.0 Å². The summed E-state index contributed by atoms with van der Waals surface area (Å²) in [7, 11) is 3.20. The van der Waals surface area contributed by atoms with E-state index in [-0.39, 0.29) is 5.91 Å². The van der Waals surface area contributed by atoms with Crippen LogP contribution in [0.1, 0.15) is 22.8 Å². The summed E-state index contributed by atoms with van der Waals surface area (Å²) < 4.78 is 5.28. The lowest BCUT2D eigenvalue weighted by molar-refractivity contribution is -0.137. The van der Waals surface area contributed by atoms with Gasteiger partial charge in [0.15, 0.2) is 6.10 Å². The summed E-state index contributed by atoms with van der Waals surface area (Å²) in [6.45, 7) is 1.53. The maximum absolute atomic E-state index is 12.5. The second-order valence-electron chi connectivity index (χ2n) is 5.48. The second-order valence-corrected chi connectivity index (χ2v) is 5.48. The first-order valence-corrected chi connectivity index (χ1v) is 7.46. The maximum atomic E-state index is 12.5. The minimum Gasteiger partial charge on any atom is -0.449 e. The molecule has 0 aliphatic rings. The Morgan fingerprint density at radius 1 is 1.04 bits per heavy atom. The number of likely N-dealkylation sites (N-methyl/N-ethyl adjacent to an activating group) is 1. The minimum atomic E-state index is -0.883. The van der Waals surface area contributed by atoms with Crippen molar-refractivity contribution in [2.24, 2.45) is 0 Å². The molecule has 0 aliphatic heterocycles. The predicted octanol–water partition coefficient (Wildman–Crippen LogP) is 2.86.